The Morgan fingerprint density at radius 3 is 2.70 bits per heavy atom. The number of benzene rings is 1. The molecular formula is C44H46N2S. The van der Waals surface area contributed by atoms with Gasteiger partial charge >= 0.3 is 0 Å². The molecule has 47 heavy (non-hydrogen) atoms. The third kappa shape index (κ3) is 6.56. The predicted octanol–water partition coefficient (Wildman–Crippen LogP) is 12.3. The van der Waals surface area contributed by atoms with Crippen LogP contribution in [0.2, 0.25) is 0 Å². The van der Waals surface area contributed by atoms with Gasteiger partial charge in [-0.25, -0.2) is 4.99 Å². The number of aliphatic imine (C=N–C) groups is 2. The first kappa shape index (κ1) is 31.5. The highest BCUT2D eigenvalue weighted by molar-refractivity contribution is 7.20. The van der Waals surface area contributed by atoms with Crippen molar-refractivity contribution in [2.75, 3.05) is 0 Å². The molecule has 0 N–H and O–H groups in total. The van der Waals surface area contributed by atoms with Gasteiger partial charge in [-0.2, -0.15) is 0 Å². The molecule has 3 heteroatoms. The summed E-state index contributed by atoms with van der Waals surface area (Å²) >= 11 is 1.89. The lowest BCUT2D eigenvalue weighted by atomic mass is 9.74. The first-order chi connectivity index (χ1) is 23.1. The zero-order chi connectivity index (χ0) is 32.2. The molecule has 1 aromatic carbocycles. The van der Waals surface area contributed by atoms with Crippen LogP contribution in [0.4, 0.5) is 0 Å². The van der Waals surface area contributed by atoms with Crippen molar-refractivity contribution in [2.45, 2.75) is 71.1 Å². The molecular weight excluding hydrogens is 589 g/mol. The van der Waals surface area contributed by atoms with E-state index in [0.29, 0.717) is 17.8 Å². The molecule has 0 saturated heterocycles. The summed E-state index contributed by atoms with van der Waals surface area (Å²) in [7, 11) is 0. The normalized spacial score (nSPS) is 23.5. The smallest absolute Gasteiger partial charge is 0.0735 e. The molecule has 1 aromatic heterocycles. The minimum absolute atomic E-state index is 0.312. The fourth-order valence-corrected chi connectivity index (χ4v) is 9.12. The number of fused-ring (bicyclic) bond motifs is 3. The van der Waals surface area contributed by atoms with Gasteiger partial charge in [-0.15, -0.1) is 11.3 Å². The molecule has 2 heterocycles. The van der Waals surface area contributed by atoms with Gasteiger partial charge in [0.2, 0.25) is 0 Å². The number of nitrogens with zero attached hydrogens (tertiary/aromatic N) is 2. The summed E-state index contributed by atoms with van der Waals surface area (Å²) in [5.41, 5.74) is 11.3. The highest BCUT2D eigenvalue weighted by Gasteiger charge is 2.29. The van der Waals surface area contributed by atoms with Crippen LogP contribution in [0.5, 0.6) is 0 Å². The van der Waals surface area contributed by atoms with Crippen LogP contribution in [0.3, 0.4) is 0 Å². The van der Waals surface area contributed by atoms with E-state index in [1.54, 1.807) is 0 Å². The summed E-state index contributed by atoms with van der Waals surface area (Å²) in [5, 5.41) is 1.37. The Morgan fingerprint density at radius 1 is 1.00 bits per heavy atom. The molecule has 3 unspecified atom stereocenters. The van der Waals surface area contributed by atoms with Gasteiger partial charge in [0.05, 0.1) is 17.1 Å². The van der Waals surface area contributed by atoms with Gasteiger partial charge in [0, 0.05) is 27.3 Å². The molecule has 0 radical (unpaired) electrons. The molecule has 238 valence electrons. The summed E-state index contributed by atoms with van der Waals surface area (Å²) < 4.78 is 1.32. The average molecular weight is 635 g/mol. The van der Waals surface area contributed by atoms with Crippen LogP contribution in [0, 0.1) is 17.8 Å². The van der Waals surface area contributed by atoms with E-state index in [2.05, 4.69) is 105 Å². The Balaban J connectivity index is 1.19. The second-order valence-corrected chi connectivity index (χ2v) is 14.5. The van der Waals surface area contributed by atoms with Crippen molar-refractivity contribution in [2.24, 2.45) is 27.7 Å². The molecule has 2 aromatic rings. The van der Waals surface area contributed by atoms with Crippen LogP contribution in [-0.4, -0.2) is 11.9 Å². The van der Waals surface area contributed by atoms with E-state index in [1.807, 2.05) is 17.4 Å². The van der Waals surface area contributed by atoms with Crippen molar-refractivity contribution in [3.63, 3.8) is 0 Å². The molecule has 4 aliphatic carbocycles. The molecule has 3 atom stereocenters. The second kappa shape index (κ2) is 14.4. The maximum absolute atomic E-state index is 5.51. The first-order valence-corrected chi connectivity index (χ1v) is 18.4. The maximum Gasteiger partial charge on any atom is 0.0735 e. The van der Waals surface area contributed by atoms with Crippen molar-refractivity contribution >= 4 is 45.1 Å². The summed E-state index contributed by atoms with van der Waals surface area (Å²) in [5.74, 6) is 1.25. The van der Waals surface area contributed by atoms with Gasteiger partial charge in [-0.3, -0.25) is 4.99 Å². The summed E-state index contributed by atoms with van der Waals surface area (Å²) in [6.45, 7) is 11.3. The summed E-state index contributed by atoms with van der Waals surface area (Å²) in [6.07, 6.45) is 39.9. The molecule has 0 amide bonds. The largest absolute Gasteiger partial charge is 0.265 e. The van der Waals surface area contributed by atoms with Crippen molar-refractivity contribution in [3.05, 3.63) is 142 Å². The fourth-order valence-electron chi connectivity index (χ4n) is 7.82. The van der Waals surface area contributed by atoms with Gasteiger partial charge in [0.15, 0.2) is 0 Å². The standard InChI is InChI=1S/C44H46N2S/c1-4-15-40(39-22-13-21-38-37-20-11-12-24-41(37)47-44(38)39)46-42(34-16-7-5-8-17-34)31(3)30(2)32-25-27-33(28-26-32)36-23-14-29-45-43(36)35-18-9-6-10-19-35/h4,6-7,9-10,12-13,15-18,21-22,24,27,29-30,32,35H,1,3,5,8,11,14,19-20,23,25-26,28H2,2H3/b40-15+,46-42+. The number of aryl methyl sites for hydroxylation is 1. The van der Waals surface area contributed by atoms with Crippen LogP contribution in [0.15, 0.2) is 136 Å². The van der Waals surface area contributed by atoms with E-state index in [0.717, 1.165) is 81.2 Å². The third-order valence-corrected chi connectivity index (χ3v) is 11.8. The van der Waals surface area contributed by atoms with Gasteiger partial charge in [0.25, 0.3) is 0 Å². The predicted molar refractivity (Wildman–Crippen MR) is 206 cm³/mol. The van der Waals surface area contributed by atoms with Gasteiger partial charge in [0.1, 0.15) is 0 Å². The molecule has 0 bridgehead atoms. The average Bonchev–Trinajstić information content (AvgIpc) is 3.53. The van der Waals surface area contributed by atoms with Gasteiger partial charge < -0.3 is 0 Å². The van der Waals surface area contributed by atoms with Crippen LogP contribution >= 0.6 is 11.3 Å². The fraction of sp³-hybridized carbons (Fsp3) is 0.318. The first-order valence-electron chi connectivity index (χ1n) is 17.6. The zero-order valence-corrected chi connectivity index (χ0v) is 28.6. The van der Waals surface area contributed by atoms with E-state index in [9.17, 15) is 0 Å². The number of hydrogen-bond donors (Lipinski definition) is 0. The number of hydrogen-bond acceptors (Lipinski definition) is 3. The number of allylic oxidation sites excluding steroid dienone is 15. The van der Waals surface area contributed by atoms with Crippen LogP contribution in [0.1, 0.15) is 80.7 Å². The molecule has 2 nitrogen and oxygen atoms in total. The minimum Gasteiger partial charge on any atom is -0.265 e. The quantitative estimate of drug-likeness (QED) is 0.194. The van der Waals surface area contributed by atoms with Crippen LogP contribution < -0.4 is 0 Å². The Labute approximate surface area is 285 Å². The van der Waals surface area contributed by atoms with E-state index < -0.39 is 0 Å². The molecule has 0 saturated carbocycles. The van der Waals surface area contributed by atoms with E-state index >= 15 is 0 Å². The highest BCUT2D eigenvalue weighted by atomic mass is 32.1. The summed E-state index contributed by atoms with van der Waals surface area (Å²) in [6, 6.07) is 6.70. The van der Waals surface area contributed by atoms with Gasteiger partial charge in [-0.1, -0.05) is 99.0 Å². The maximum atomic E-state index is 5.51. The second-order valence-electron chi connectivity index (χ2n) is 13.4. The highest BCUT2D eigenvalue weighted by Crippen LogP contribution is 2.42. The minimum atomic E-state index is 0.312. The van der Waals surface area contributed by atoms with Crippen LogP contribution in [0.25, 0.3) is 21.9 Å². The lowest BCUT2D eigenvalue weighted by Crippen LogP contribution is -2.22. The topological polar surface area (TPSA) is 24.7 Å². The SMILES string of the molecule is C=C/C=C(/N=C(\C(=C)C(C)C1CC=C(C2=C(C3C=CC=CC3)N=CCC2)CC1)C1=CCCC=C1)c1cccc2c3c(sc12)C=CCC3. The van der Waals surface area contributed by atoms with E-state index in [4.69, 9.17) is 16.6 Å². The van der Waals surface area contributed by atoms with E-state index in [1.165, 1.54) is 48.5 Å². The summed E-state index contributed by atoms with van der Waals surface area (Å²) in [4.78, 5) is 11.8. The van der Waals surface area contributed by atoms with Crippen molar-refractivity contribution < 1.29 is 0 Å². The lowest BCUT2D eigenvalue weighted by molar-refractivity contribution is 0.375. The molecule has 1 aliphatic heterocycles. The number of thiophene rings is 1. The third-order valence-electron chi connectivity index (χ3n) is 10.5. The van der Waals surface area contributed by atoms with Crippen molar-refractivity contribution in [1.29, 1.82) is 0 Å². The molecule has 0 fully saturated rings. The van der Waals surface area contributed by atoms with Crippen molar-refractivity contribution in [1.82, 2.24) is 0 Å². The van der Waals surface area contributed by atoms with Crippen molar-refractivity contribution in [3.8, 4) is 0 Å². The Kier molecular flexibility index (Phi) is 9.63. The molecule has 5 aliphatic rings. The molecule has 7 rings (SSSR count). The Hall–Kier alpha value is -4.08. The lowest BCUT2D eigenvalue weighted by Gasteiger charge is -2.32. The Morgan fingerprint density at radius 2 is 1.91 bits per heavy atom. The molecule has 0 spiro atoms. The Bertz CT molecular complexity index is 1890. The monoisotopic (exact) mass is 634 g/mol. The van der Waals surface area contributed by atoms with Crippen LogP contribution in [-0.2, 0) is 6.42 Å². The number of rotatable bonds is 9. The zero-order valence-electron chi connectivity index (χ0n) is 27.8. The van der Waals surface area contributed by atoms with Gasteiger partial charge in [-0.05, 0) is 121 Å². The van der Waals surface area contributed by atoms with E-state index in [-0.39, 0.29) is 0 Å².